The number of carbonyl (C=O) groups is 1. The van der Waals surface area contributed by atoms with Gasteiger partial charge in [0, 0.05) is 39.2 Å². The molecule has 0 aliphatic carbocycles. The van der Waals surface area contributed by atoms with E-state index in [1.54, 1.807) is 12.6 Å². The zero-order chi connectivity index (χ0) is 17.5. The first kappa shape index (κ1) is 17.5. The Labute approximate surface area is 147 Å². The van der Waals surface area contributed by atoms with E-state index in [0.29, 0.717) is 26.3 Å². The van der Waals surface area contributed by atoms with Crippen molar-refractivity contribution < 1.29 is 13.9 Å². The number of amides is 2. The van der Waals surface area contributed by atoms with Gasteiger partial charge in [0.2, 0.25) is 0 Å². The molecule has 0 unspecified atom stereocenters. The Morgan fingerprint density at radius 3 is 3.20 bits per heavy atom. The fraction of sp³-hybridized carbons (Fsp3) is 0.588. The van der Waals surface area contributed by atoms with E-state index in [1.807, 2.05) is 28.6 Å². The highest BCUT2D eigenvalue weighted by molar-refractivity contribution is 5.74. The second-order valence-electron chi connectivity index (χ2n) is 6.30. The highest BCUT2D eigenvalue weighted by atomic mass is 16.5. The van der Waals surface area contributed by atoms with Gasteiger partial charge in [-0.25, -0.2) is 4.79 Å². The second kappa shape index (κ2) is 8.66. The predicted octanol–water partition coefficient (Wildman–Crippen LogP) is 1.90. The summed E-state index contributed by atoms with van der Waals surface area (Å²) in [5, 5.41) is 11.1. The molecule has 1 saturated heterocycles. The Bertz CT molecular complexity index is 655. The number of urea groups is 1. The Morgan fingerprint density at radius 2 is 2.44 bits per heavy atom. The van der Waals surface area contributed by atoms with Gasteiger partial charge in [0.15, 0.2) is 0 Å². The molecule has 136 valence electrons. The van der Waals surface area contributed by atoms with E-state index < -0.39 is 0 Å². The van der Waals surface area contributed by atoms with Gasteiger partial charge in [0.1, 0.15) is 24.5 Å². The number of carbonyl (C=O) groups excluding carboxylic acids is 1. The molecule has 1 atom stereocenters. The van der Waals surface area contributed by atoms with Crippen LogP contribution in [-0.2, 0) is 18.4 Å². The number of likely N-dealkylation sites (tertiary alicyclic amines) is 1. The molecule has 1 N–H and O–H groups in total. The van der Waals surface area contributed by atoms with Gasteiger partial charge in [-0.1, -0.05) is 0 Å². The van der Waals surface area contributed by atoms with Gasteiger partial charge in [-0.2, -0.15) is 0 Å². The molecule has 3 heterocycles. The van der Waals surface area contributed by atoms with Crippen molar-refractivity contribution in [1.82, 2.24) is 25.0 Å². The summed E-state index contributed by atoms with van der Waals surface area (Å²) in [4.78, 5) is 14.2. The molecule has 8 nitrogen and oxygen atoms in total. The van der Waals surface area contributed by atoms with Crippen LogP contribution < -0.4 is 5.32 Å². The predicted molar refractivity (Wildman–Crippen MR) is 90.9 cm³/mol. The van der Waals surface area contributed by atoms with Gasteiger partial charge >= 0.3 is 6.03 Å². The van der Waals surface area contributed by atoms with Crippen LogP contribution in [0.5, 0.6) is 0 Å². The summed E-state index contributed by atoms with van der Waals surface area (Å²) in [6.07, 6.45) is 6.13. The standard InChI is InChI=1S/C17H25N5O3/c1-21-13-19-20-16(21)14-5-2-8-22(11-14)17(23)18-7-4-9-24-12-15-6-3-10-25-15/h3,6,10,13-14H,2,4-5,7-9,11-12H2,1H3,(H,18,23)/t14-/m1/s1. The molecule has 2 aromatic rings. The Balaban J connectivity index is 1.34. The molecule has 8 heteroatoms. The molecule has 0 aromatic carbocycles. The van der Waals surface area contributed by atoms with Gasteiger partial charge in [0.25, 0.3) is 0 Å². The number of nitrogens with one attached hydrogen (secondary N) is 1. The number of nitrogens with zero attached hydrogens (tertiary/aromatic N) is 4. The van der Waals surface area contributed by atoms with Crippen molar-refractivity contribution in [1.29, 1.82) is 0 Å². The number of hydrogen-bond acceptors (Lipinski definition) is 5. The maximum atomic E-state index is 12.3. The van der Waals surface area contributed by atoms with Crippen molar-refractivity contribution in [3.8, 4) is 0 Å². The van der Waals surface area contributed by atoms with Gasteiger partial charge in [-0.15, -0.1) is 10.2 Å². The van der Waals surface area contributed by atoms with Crippen LogP contribution in [0.15, 0.2) is 29.1 Å². The summed E-state index contributed by atoms with van der Waals surface area (Å²) in [5.74, 6) is 2.01. The summed E-state index contributed by atoms with van der Waals surface area (Å²) < 4.78 is 12.6. The molecule has 2 amide bonds. The highest BCUT2D eigenvalue weighted by Gasteiger charge is 2.27. The van der Waals surface area contributed by atoms with E-state index in [2.05, 4.69) is 15.5 Å². The summed E-state index contributed by atoms with van der Waals surface area (Å²) in [5.41, 5.74) is 0. The molecular formula is C17H25N5O3. The van der Waals surface area contributed by atoms with Crippen molar-refractivity contribution >= 4 is 6.03 Å². The highest BCUT2D eigenvalue weighted by Crippen LogP contribution is 2.24. The van der Waals surface area contributed by atoms with E-state index in [-0.39, 0.29) is 11.9 Å². The van der Waals surface area contributed by atoms with Gasteiger partial charge in [-0.05, 0) is 31.4 Å². The van der Waals surface area contributed by atoms with Crippen molar-refractivity contribution in [2.24, 2.45) is 7.05 Å². The minimum atomic E-state index is -0.0158. The molecule has 3 rings (SSSR count). The first-order valence-electron chi connectivity index (χ1n) is 8.71. The quantitative estimate of drug-likeness (QED) is 0.773. The zero-order valence-corrected chi connectivity index (χ0v) is 14.6. The third kappa shape index (κ3) is 4.82. The summed E-state index contributed by atoms with van der Waals surface area (Å²) in [6.45, 7) is 3.12. The summed E-state index contributed by atoms with van der Waals surface area (Å²) >= 11 is 0. The summed E-state index contributed by atoms with van der Waals surface area (Å²) in [7, 11) is 1.94. The van der Waals surface area contributed by atoms with Crippen LogP contribution in [0.2, 0.25) is 0 Å². The van der Waals surface area contributed by atoms with Crippen molar-refractivity contribution in [2.75, 3.05) is 26.2 Å². The molecule has 2 aromatic heterocycles. The lowest BCUT2D eigenvalue weighted by molar-refractivity contribution is 0.104. The van der Waals surface area contributed by atoms with Crippen LogP contribution in [-0.4, -0.2) is 51.9 Å². The lowest BCUT2D eigenvalue weighted by atomic mass is 9.97. The topological polar surface area (TPSA) is 85.4 Å². The van der Waals surface area contributed by atoms with Crippen molar-refractivity contribution in [3.05, 3.63) is 36.3 Å². The van der Waals surface area contributed by atoms with Gasteiger partial charge in [-0.3, -0.25) is 0 Å². The fourth-order valence-electron chi connectivity index (χ4n) is 3.08. The smallest absolute Gasteiger partial charge is 0.317 e. The van der Waals surface area contributed by atoms with E-state index in [9.17, 15) is 4.79 Å². The fourth-order valence-corrected chi connectivity index (χ4v) is 3.08. The Morgan fingerprint density at radius 1 is 1.52 bits per heavy atom. The first-order valence-corrected chi connectivity index (χ1v) is 8.71. The lowest BCUT2D eigenvalue weighted by Crippen LogP contribution is -2.45. The average Bonchev–Trinajstić information content (AvgIpc) is 3.29. The largest absolute Gasteiger partial charge is 0.467 e. The van der Waals surface area contributed by atoms with Gasteiger partial charge < -0.3 is 23.9 Å². The molecule has 0 radical (unpaired) electrons. The number of rotatable bonds is 7. The Hall–Kier alpha value is -2.35. The number of ether oxygens (including phenoxy) is 1. The number of piperidine rings is 1. The molecular weight excluding hydrogens is 322 g/mol. The molecule has 0 bridgehead atoms. The lowest BCUT2D eigenvalue weighted by Gasteiger charge is -2.32. The molecule has 1 fully saturated rings. The van der Waals surface area contributed by atoms with Gasteiger partial charge in [0.05, 0.1) is 6.26 Å². The number of aromatic nitrogens is 3. The molecule has 0 saturated carbocycles. The SMILES string of the molecule is Cn1cnnc1[C@@H]1CCCN(C(=O)NCCCOCc2ccco2)C1. The van der Waals surface area contributed by atoms with E-state index in [4.69, 9.17) is 9.15 Å². The molecule has 0 spiro atoms. The van der Waals surface area contributed by atoms with E-state index in [0.717, 1.165) is 37.4 Å². The molecule has 1 aliphatic heterocycles. The first-order chi connectivity index (χ1) is 12.2. The normalized spacial score (nSPS) is 17.6. The van der Waals surface area contributed by atoms with Crippen molar-refractivity contribution in [3.63, 3.8) is 0 Å². The van der Waals surface area contributed by atoms with Crippen LogP contribution in [0.3, 0.4) is 0 Å². The number of aryl methyl sites for hydroxylation is 1. The Kier molecular flexibility index (Phi) is 6.05. The maximum absolute atomic E-state index is 12.3. The van der Waals surface area contributed by atoms with E-state index in [1.165, 1.54) is 0 Å². The van der Waals surface area contributed by atoms with Crippen molar-refractivity contribution in [2.45, 2.75) is 31.8 Å². The third-order valence-electron chi connectivity index (χ3n) is 4.39. The second-order valence-corrected chi connectivity index (χ2v) is 6.30. The number of furan rings is 1. The summed E-state index contributed by atoms with van der Waals surface area (Å²) in [6, 6.07) is 3.70. The number of hydrogen-bond donors (Lipinski definition) is 1. The minimum absolute atomic E-state index is 0.0158. The molecule has 25 heavy (non-hydrogen) atoms. The monoisotopic (exact) mass is 347 g/mol. The average molecular weight is 347 g/mol. The van der Waals surface area contributed by atoms with E-state index >= 15 is 0 Å². The zero-order valence-electron chi connectivity index (χ0n) is 14.6. The van der Waals surface area contributed by atoms with Crippen LogP contribution in [0.25, 0.3) is 0 Å². The molecule has 1 aliphatic rings. The maximum Gasteiger partial charge on any atom is 0.317 e. The minimum Gasteiger partial charge on any atom is -0.467 e. The van der Waals surface area contributed by atoms with Crippen LogP contribution in [0, 0.1) is 0 Å². The van der Waals surface area contributed by atoms with Crippen LogP contribution in [0.1, 0.15) is 36.8 Å². The van der Waals surface area contributed by atoms with Crippen LogP contribution in [0.4, 0.5) is 4.79 Å². The van der Waals surface area contributed by atoms with Crippen LogP contribution >= 0.6 is 0 Å². The third-order valence-corrected chi connectivity index (χ3v) is 4.39.